The fourth-order valence-electron chi connectivity index (χ4n) is 1.66. The summed E-state index contributed by atoms with van der Waals surface area (Å²) in [5.41, 5.74) is 3.70. The number of hydrogen-bond donors (Lipinski definition) is 1. The standard InChI is InChI=1S/C15H13Br2NO/c1-9-7-11(15(19)14(17)10(9)2)8-18-13-5-3-12(16)4-6-13/h3-8,19H,1-2H3. The molecule has 98 valence electrons. The van der Waals surface area contributed by atoms with Crippen molar-refractivity contribution in [3.63, 3.8) is 0 Å². The maximum Gasteiger partial charge on any atom is 0.138 e. The number of benzene rings is 2. The monoisotopic (exact) mass is 381 g/mol. The zero-order chi connectivity index (χ0) is 14.0. The summed E-state index contributed by atoms with van der Waals surface area (Å²) in [6.45, 7) is 3.98. The maximum absolute atomic E-state index is 10.1. The van der Waals surface area contributed by atoms with Gasteiger partial charge in [-0.2, -0.15) is 0 Å². The highest BCUT2D eigenvalue weighted by Crippen LogP contribution is 2.32. The molecule has 0 radical (unpaired) electrons. The lowest BCUT2D eigenvalue weighted by Crippen LogP contribution is -1.90. The molecule has 4 heteroatoms. The average molecular weight is 383 g/mol. The van der Waals surface area contributed by atoms with Gasteiger partial charge in [0.05, 0.1) is 10.2 Å². The Morgan fingerprint density at radius 1 is 1.11 bits per heavy atom. The molecule has 0 aliphatic carbocycles. The summed E-state index contributed by atoms with van der Waals surface area (Å²) in [6.07, 6.45) is 1.68. The second-order valence-corrected chi connectivity index (χ2v) is 6.01. The number of phenolic OH excluding ortho intramolecular Hbond substituents is 1. The van der Waals surface area contributed by atoms with Crippen molar-refractivity contribution in [1.82, 2.24) is 0 Å². The van der Waals surface area contributed by atoms with Gasteiger partial charge in [-0.25, -0.2) is 0 Å². The summed E-state index contributed by atoms with van der Waals surface area (Å²) < 4.78 is 1.74. The summed E-state index contributed by atoms with van der Waals surface area (Å²) in [4.78, 5) is 4.36. The minimum atomic E-state index is 0.226. The van der Waals surface area contributed by atoms with E-state index in [2.05, 4.69) is 36.9 Å². The van der Waals surface area contributed by atoms with Crippen LogP contribution in [0.1, 0.15) is 16.7 Å². The molecular weight excluding hydrogens is 370 g/mol. The second kappa shape index (κ2) is 5.88. The van der Waals surface area contributed by atoms with E-state index in [-0.39, 0.29) is 5.75 Å². The fraction of sp³-hybridized carbons (Fsp3) is 0.133. The van der Waals surface area contributed by atoms with Crippen molar-refractivity contribution in [2.24, 2.45) is 4.99 Å². The quantitative estimate of drug-likeness (QED) is 0.703. The average Bonchev–Trinajstić information content (AvgIpc) is 2.41. The van der Waals surface area contributed by atoms with Gasteiger partial charge < -0.3 is 5.11 Å². The summed E-state index contributed by atoms with van der Waals surface area (Å²) in [7, 11) is 0. The van der Waals surface area contributed by atoms with Crippen LogP contribution in [0.2, 0.25) is 0 Å². The summed E-state index contributed by atoms with van der Waals surface area (Å²) in [6, 6.07) is 9.62. The molecule has 2 aromatic carbocycles. The van der Waals surface area contributed by atoms with Gasteiger partial charge in [-0.3, -0.25) is 4.99 Å². The molecule has 0 aromatic heterocycles. The topological polar surface area (TPSA) is 32.6 Å². The van der Waals surface area contributed by atoms with Gasteiger partial charge in [-0.1, -0.05) is 15.9 Å². The third-order valence-electron chi connectivity index (χ3n) is 2.95. The molecule has 0 bridgehead atoms. The Balaban J connectivity index is 2.36. The first kappa shape index (κ1) is 14.3. The summed E-state index contributed by atoms with van der Waals surface area (Å²) in [5, 5.41) is 10.1. The summed E-state index contributed by atoms with van der Waals surface area (Å²) in [5.74, 6) is 0.226. The van der Waals surface area contributed by atoms with E-state index in [1.165, 1.54) is 0 Å². The number of rotatable bonds is 2. The van der Waals surface area contributed by atoms with E-state index in [0.29, 0.717) is 5.56 Å². The first-order valence-electron chi connectivity index (χ1n) is 5.77. The minimum absolute atomic E-state index is 0.226. The largest absolute Gasteiger partial charge is 0.506 e. The van der Waals surface area contributed by atoms with E-state index >= 15 is 0 Å². The van der Waals surface area contributed by atoms with Crippen molar-refractivity contribution < 1.29 is 5.11 Å². The molecule has 19 heavy (non-hydrogen) atoms. The second-order valence-electron chi connectivity index (χ2n) is 4.30. The lowest BCUT2D eigenvalue weighted by atomic mass is 10.1. The Labute approximate surface area is 129 Å². The van der Waals surface area contributed by atoms with E-state index in [9.17, 15) is 5.11 Å². The number of nitrogens with zero attached hydrogens (tertiary/aromatic N) is 1. The molecule has 0 aliphatic heterocycles. The number of halogens is 2. The normalized spacial score (nSPS) is 11.2. The number of aliphatic imine (C=N–C) groups is 1. The zero-order valence-corrected chi connectivity index (χ0v) is 13.8. The Morgan fingerprint density at radius 2 is 1.74 bits per heavy atom. The predicted molar refractivity (Wildman–Crippen MR) is 86.7 cm³/mol. The van der Waals surface area contributed by atoms with Crippen LogP contribution in [0.15, 0.2) is 44.3 Å². The van der Waals surface area contributed by atoms with E-state index in [0.717, 1.165) is 25.8 Å². The van der Waals surface area contributed by atoms with Gasteiger partial charge in [0.15, 0.2) is 0 Å². The third kappa shape index (κ3) is 3.25. The molecule has 0 unspecified atom stereocenters. The van der Waals surface area contributed by atoms with Crippen molar-refractivity contribution in [1.29, 1.82) is 0 Å². The molecule has 0 atom stereocenters. The van der Waals surface area contributed by atoms with Crippen molar-refractivity contribution in [3.05, 3.63) is 56.0 Å². The van der Waals surface area contributed by atoms with Crippen LogP contribution < -0.4 is 0 Å². The number of aromatic hydroxyl groups is 1. The van der Waals surface area contributed by atoms with Crippen molar-refractivity contribution in [2.45, 2.75) is 13.8 Å². The molecule has 0 heterocycles. The Morgan fingerprint density at radius 3 is 2.37 bits per heavy atom. The van der Waals surface area contributed by atoms with E-state index in [1.54, 1.807) is 6.21 Å². The maximum atomic E-state index is 10.1. The molecule has 2 rings (SSSR count). The van der Waals surface area contributed by atoms with E-state index in [1.807, 2.05) is 44.2 Å². The number of phenols is 1. The number of aryl methyl sites for hydroxylation is 1. The van der Waals surface area contributed by atoms with Gasteiger partial charge in [-0.05, 0) is 71.2 Å². The van der Waals surface area contributed by atoms with Crippen LogP contribution in [0.5, 0.6) is 5.75 Å². The molecule has 2 aromatic rings. The summed E-state index contributed by atoms with van der Waals surface area (Å²) >= 11 is 6.78. The van der Waals surface area contributed by atoms with Gasteiger partial charge in [0.1, 0.15) is 5.75 Å². The predicted octanol–water partition coefficient (Wildman–Crippen LogP) is 5.28. The van der Waals surface area contributed by atoms with Crippen LogP contribution in [0, 0.1) is 13.8 Å². The van der Waals surface area contributed by atoms with Gasteiger partial charge in [-0.15, -0.1) is 0 Å². The molecule has 0 saturated carbocycles. The molecule has 1 N–H and O–H groups in total. The van der Waals surface area contributed by atoms with E-state index < -0.39 is 0 Å². The minimum Gasteiger partial charge on any atom is -0.506 e. The van der Waals surface area contributed by atoms with Crippen LogP contribution in [0.25, 0.3) is 0 Å². The first-order chi connectivity index (χ1) is 8.99. The molecular formula is C15H13Br2NO. The van der Waals surface area contributed by atoms with Gasteiger partial charge in [0.2, 0.25) is 0 Å². The van der Waals surface area contributed by atoms with Crippen LogP contribution in [-0.4, -0.2) is 11.3 Å². The van der Waals surface area contributed by atoms with Crippen LogP contribution in [0.3, 0.4) is 0 Å². The van der Waals surface area contributed by atoms with Gasteiger partial charge >= 0.3 is 0 Å². The lowest BCUT2D eigenvalue weighted by Gasteiger charge is -2.08. The molecule has 0 amide bonds. The third-order valence-corrected chi connectivity index (χ3v) is 4.45. The van der Waals surface area contributed by atoms with Gasteiger partial charge in [0.25, 0.3) is 0 Å². The van der Waals surface area contributed by atoms with Crippen LogP contribution >= 0.6 is 31.9 Å². The Kier molecular flexibility index (Phi) is 4.42. The van der Waals surface area contributed by atoms with Crippen molar-refractivity contribution in [3.8, 4) is 5.75 Å². The van der Waals surface area contributed by atoms with Crippen molar-refractivity contribution >= 4 is 43.8 Å². The first-order valence-corrected chi connectivity index (χ1v) is 7.36. The highest BCUT2D eigenvalue weighted by Gasteiger charge is 2.09. The molecule has 0 saturated heterocycles. The molecule has 0 fully saturated rings. The highest BCUT2D eigenvalue weighted by atomic mass is 79.9. The molecule has 0 aliphatic rings. The van der Waals surface area contributed by atoms with Gasteiger partial charge in [0, 0.05) is 16.3 Å². The van der Waals surface area contributed by atoms with Crippen LogP contribution in [-0.2, 0) is 0 Å². The number of hydrogen-bond acceptors (Lipinski definition) is 2. The van der Waals surface area contributed by atoms with Crippen molar-refractivity contribution in [2.75, 3.05) is 0 Å². The lowest BCUT2D eigenvalue weighted by molar-refractivity contribution is 0.470. The van der Waals surface area contributed by atoms with E-state index in [4.69, 9.17) is 0 Å². The van der Waals surface area contributed by atoms with Crippen LogP contribution in [0.4, 0.5) is 5.69 Å². The smallest absolute Gasteiger partial charge is 0.138 e. The Hall–Kier alpha value is -1.13. The molecule has 0 spiro atoms. The fourth-order valence-corrected chi connectivity index (χ4v) is 2.46. The molecule has 2 nitrogen and oxygen atoms in total. The highest BCUT2D eigenvalue weighted by molar-refractivity contribution is 9.10. The Bertz CT molecular complexity index is 634. The zero-order valence-electron chi connectivity index (χ0n) is 10.6. The SMILES string of the molecule is Cc1cc(C=Nc2ccc(Br)cc2)c(O)c(Br)c1C.